The van der Waals surface area contributed by atoms with Crippen LogP contribution in [0.1, 0.15) is 31.0 Å². The normalized spacial score (nSPS) is 18.3. The maximum atomic E-state index is 4.35. The van der Waals surface area contributed by atoms with Crippen LogP contribution in [-0.2, 0) is 0 Å². The van der Waals surface area contributed by atoms with Gasteiger partial charge in [-0.25, -0.2) is 4.98 Å². The third kappa shape index (κ3) is 1.27. The Morgan fingerprint density at radius 1 is 1.55 bits per heavy atom. The quantitative estimate of drug-likeness (QED) is 0.686. The fourth-order valence-corrected chi connectivity index (χ4v) is 1.54. The van der Waals surface area contributed by atoms with E-state index >= 15 is 0 Å². The smallest absolute Gasteiger partial charge is 0.208 e. The predicted molar refractivity (Wildman–Crippen MR) is 44.8 cm³/mol. The summed E-state index contributed by atoms with van der Waals surface area (Å²) >= 11 is 1.59. The summed E-state index contributed by atoms with van der Waals surface area (Å²) in [6.45, 7) is 0. The van der Waals surface area contributed by atoms with E-state index in [1.807, 2.05) is 6.26 Å². The van der Waals surface area contributed by atoms with Crippen LogP contribution in [0.4, 0.5) is 0 Å². The van der Waals surface area contributed by atoms with Gasteiger partial charge in [0.15, 0.2) is 0 Å². The summed E-state index contributed by atoms with van der Waals surface area (Å²) in [5.74, 6) is 1.75. The molecule has 60 valence electrons. The Morgan fingerprint density at radius 3 is 2.82 bits per heavy atom. The molecular formula is C7H11N3S. The van der Waals surface area contributed by atoms with Gasteiger partial charge >= 0.3 is 0 Å². The first-order chi connectivity index (χ1) is 5.40. The molecule has 4 heteroatoms. The Morgan fingerprint density at radius 2 is 2.36 bits per heavy atom. The highest BCUT2D eigenvalue weighted by atomic mass is 32.2. The molecule has 0 spiro atoms. The molecule has 0 aromatic carbocycles. The van der Waals surface area contributed by atoms with Gasteiger partial charge in [0.1, 0.15) is 5.82 Å². The molecule has 1 heterocycles. The van der Waals surface area contributed by atoms with Gasteiger partial charge in [-0.1, -0.05) is 18.2 Å². The molecule has 1 fully saturated rings. The van der Waals surface area contributed by atoms with E-state index in [-0.39, 0.29) is 0 Å². The first-order valence-electron chi connectivity index (χ1n) is 3.86. The van der Waals surface area contributed by atoms with Crippen LogP contribution in [0.3, 0.4) is 0 Å². The average molecular weight is 169 g/mol. The first-order valence-corrected chi connectivity index (χ1v) is 5.09. The molecule has 1 saturated carbocycles. The summed E-state index contributed by atoms with van der Waals surface area (Å²) in [6.07, 6.45) is 5.90. The van der Waals surface area contributed by atoms with E-state index < -0.39 is 0 Å². The van der Waals surface area contributed by atoms with Crippen molar-refractivity contribution in [2.75, 3.05) is 6.26 Å². The highest BCUT2D eigenvalue weighted by Crippen LogP contribution is 2.34. The van der Waals surface area contributed by atoms with Gasteiger partial charge in [0.2, 0.25) is 5.16 Å². The van der Waals surface area contributed by atoms with E-state index in [0.29, 0.717) is 5.92 Å². The number of nitrogens with zero attached hydrogens (tertiary/aromatic N) is 2. The van der Waals surface area contributed by atoms with E-state index in [1.165, 1.54) is 19.3 Å². The molecule has 0 amide bonds. The molecule has 0 unspecified atom stereocenters. The van der Waals surface area contributed by atoms with Crippen LogP contribution in [0.5, 0.6) is 0 Å². The van der Waals surface area contributed by atoms with E-state index in [0.717, 1.165) is 11.0 Å². The van der Waals surface area contributed by atoms with Gasteiger partial charge in [-0.15, -0.1) is 5.10 Å². The van der Waals surface area contributed by atoms with Crippen LogP contribution in [0, 0.1) is 0 Å². The fourth-order valence-electron chi connectivity index (χ4n) is 1.21. The van der Waals surface area contributed by atoms with Crippen LogP contribution in [0.25, 0.3) is 0 Å². The molecule has 0 aliphatic heterocycles. The van der Waals surface area contributed by atoms with Crippen molar-refractivity contribution in [1.82, 2.24) is 15.2 Å². The van der Waals surface area contributed by atoms with Crippen molar-refractivity contribution < 1.29 is 0 Å². The standard InChI is InChI=1S/C7H11N3S/c1-11-7-8-6(9-10-7)5-3-2-4-5/h5H,2-4H2,1H3,(H,8,9,10). The molecule has 0 bridgehead atoms. The number of aromatic nitrogens is 3. The lowest BCUT2D eigenvalue weighted by Gasteiger charge is -2.22. The number of nitrogens with one attached hydrogen (secondary N) is 1. The second-order valence-corrected chi connectivity index (χ2v) is 3.61. The van der Waals surface area contributed by atoms with Crippen molar-refractivity contribution in [2.24, 2.45) is 0 Å². The molecule has 1 aromatic heterocycles. The molecule has 0 radical (unpaired) electrons. The molecule has 1 aromatic rings. The monoisotopic (exact) mass is 169 g/mol. The van der Waals surface area contributed by atoms with Crippen LogP contribution >= 0.6 is 11.8 Å². The largest absolute Gasteiger partial charge is 0.262 e. The lowest BCUT2D eigenvalue weighted by molar-refractivity contribution is 0.402. The first kappa shape index (κ1) is 7.16. The predicted octanol–water partition coefficient (Wildman–Crippen LogP) is 1.79. The molecule has 0 saturated heterocycles. The Labute approximate surface area is 70.0 Å². The maximum Gasteiger partial charge on any atom is 0.208 e. The van der Waals surface area contributed by atoms with Crippen molar-refractivity contribution in [3.63, 3.8) is 0 Å². The number of hydrogen-bond acceptors (Lipinski definition) is 3. The molecule has 1 aliphatic rings. The number of thioether (sulfide) groups is 1. The van der Waals surface area contributed by atoms with Crippen molar-refractivity contribution in [3.05, 3.63) is 5.82 Å². The van der Waals surface area contributed by atoms with Gasteiger partial charge in [0.05, 0.1) is 0 Å². The van der Waals surface area contributed by atoms with Gasteiger partial charge < -0.3 is 0 Å². The van der Waals surface area contributed by atoms with Crippen LogP contribution in [0.15, 0.2) is 5.16 Å². The Kier molecular flexibility index (Phi) is 1.85. The molecule has 3 nitrogen and oxygen atoms in total. The van der Waals surface area contributed by atoms with Crippen molar-refractivity contribution >= 4 is 11.8 Å². The van der Waals surface area contributed by atoms with Crippen molar-refractivity contribution in [1.29, 1.82) is 0 Å². The van der Waals surface area contributed by atoms with E-state index in [9.17, 15) is 0 Å². The van der Waals surface area contributed by atoms with Gasteiger partial charge in [-0.3, -0.25) is 5.10 Å². The highest BCUT2D eigenvalue weighted by Gasteiger charge is 2.22. The average Bonchev–Trinajstić information content (AvgIpc) is 2.32. The lowest BCUT2D eigenvalue weighted by atomic mass is 9.85. The van der Waals surface area contributed by atoms with E-state index in [4.69, 9.17) is 0 Å². The molecule has 1 aliphatic carbocycles. The van der Waals surface area contributed by atoms with E-state index in [2.05, 4.69) is 15.2 Å². The molecular weight excluding hydrogens is 158 g/mol. The summed E-state index contributed by atoms with van der Waals surface area (Å²) in [7, 11) is 0. The minimum atomic E-state index is 0.670. The molecule has 1 N–H and O–H groups in total. The van der Waals surface area contributed by atoms with Gasteiger partial charge in [0.25, 0.3) is 0 Å². The van der Waals surface area contributed by atoms with Crippen molar-refractivity contribution in [3.8, 4) is 0 Å². The summed E-state index contributed by atoms with van der Waals surface area (Å²) in [5, 5.41) is 7.91. The zero-order valence-corrected chi connectivity index (χ0v) is 7.32. The number of aromatic amines is 1. The lowest BCUT2D eigenvalue weighted by Crippen LogP contribution is -2.10. The zero-order valence-electron chi connectivity index (χ0n) is 6.50. The second-order valence-electron chi connectivity index (χ2n) is 2.84. The summed E-state index contributed by atoms with van der Waals surface area (Å²) < 4.78 is 0. The number of H-pyrrole nitrogens is 1. The molecule has 2 rings (SSSR count). The van der Waals surface area contributed by atoms with E-state index in [1.54, 1.807) is 11.8 Å². The maximum absolute atomic E-state index is 4.35. The minimum absolute atomic E-state index is 0.670. The molecule has 0 atom stereocenters. The van der Waals surface area contributed by atoms with Gasteiger partial charge in [0, 0.05) is 5.92 Å². The number of hydrogen-bond donors (Lipinski definition) is 1. The van der Waals surface area contributed by atoms with Gasteiger partial charge in [-0.05, 0) is 19.1 Å². The third-order valence-corrected chi connectivity index (χ3v) is 2.70. The molecule has 11 heavy (non-hydrogen) atoms. The summed E-state index contributed by atoms with van der Waals surface area (Å²) in [4.78, 5) is 4.35. The van der Waals surface area contributed by atoms with Gasteiger partial charge in [-0.2, -0.15) is 0 Å². The zero-order chi connectivity index (χ0) is 7.68. The van der Waals surface area contributed by atoms with Crippen LogP contribution in [-0.4, -0.2) is 21.4 Å². The third-order valence-electron chi connectivity index (χ3n) is 2.16. The highest BCUT2D eigenvalue weighted by molar-refractivity contribution is 7.98. The van der Waals surface area contributed by atoms with Crippen molar-refractivity contribution in [2.45, 2.75) is 30.3 Å². The SMILES string of the molecule is CSc1n[nH]c(C2CCC2)n1. The Bertz CT molecular complexity index is 242. The Hall–Kier alpha value is -0.510. The number of rotatable bonds is 2. The topological polar surface area (TPSA) is 41.6 Å². The summed E-state index contributed by atoms with van der Waals surface area (Å²) in [5.41, 5.74) is 0. The Balaban J connectivity index is 2.11. The summed E-state index contributed by atoms with van der Waals surface area (Å²) in [6, 6.07) is 0. The minimum Gasteiger partial charge on any atom is -0.262 e. The second kappa shape index (κ2) is 2.85. The van der Waals surface area contributed by atoms with Crippen LogP contribution < -0.4 is 0 Å². The fraction of sp³-hybridized carbons (Fsp3) is 0.714. The van der Waals surface area contributed by atoms with Crippen LogP contribution in [0.2, 0.25) is 0 Å².